The summed E-state index contributed by atoms with van der Waals surface area (Å²) in [5.41, 5.74) is 9.49. The first-order valence-corrected chi connectivity index (χ1v) is 6.37. The first-order valence-electron chi connectivity index (χ1n) is 6.37. The summed E-state index contributed by atoms with van der Waals surface area (Å²) in [7, 11) is 1.85. The minimum atomic E-state index is -0.969. The summed E-state index contributed by atoms with van der Waals surface area (Å²) in [5.74, 6) is -0.969. The maximum Gasteiger partial charge on any atom is 0.337 e. The zero-order valence-electron chi connectivity index (χ0n) is 11.6. The van der Waals surface area contributed by atoms with Crippen LogP contribution in [0.4, 0.5) is 11.4 Å². The summed E-state index contributed by atoms with van der Waals surface area (Å²) in [6, 6.07) is 13.1. The van der Waals surface area contributed by atoms with Gasteiger partial charge in [-0.2, -0.15) is 0 Å². The normalized spacial score (nSPS) is 10.3. The van der Waals surface area contributed by atoms with E-state index in [0.29, 0.717) is 17.9 Å². The number of rotatable bonds is 4. The molecule has 0 aromatic heterocycles. The molecule has 0 aliphatic rings. The van der Waals surface area contributed by atoms with Gasteiger partial charge in [0.2, 0.25) is 0 Å². The number of benzene rings is 2. The van der Waals surface area contributed by atoms with Gasteiger partial charge in [-0.3, -0.25) is 0 Å². The first kappa shape index (κ1) is 13.9. The fourth-order valence-electron chi connectivity index (χ4n) is 2.21. The van der Waals surface area contributed by atoms with E-state index in [0.717, 1.165) is 5.56 Å². The van der Waals surface area contributed by atoms with Gasteiger partial charge in [-0.15, -0.1) is 0 Å². The second kappa shape index (κ2) is 5.65. The number of aryl methyl sites for hydroxylation is 1. The average Bonchev–Trinajstić information content (AvgIpc) is 2.40. The van der Waals surface area contributed by atoms with E-state index in [9.17, 15) is 9.90 Å². The summed E-state index contributed by atoms with van der Waals surface area (Å²) < 4.78 is 0. The molecule has 0 saturated carbocycles. The van der Waals surface area contributed by atoms with Crippen LogP contribution >= 0.6 is 0 Å². The standard InChI is InChI=1S/C16H18N2O2/c1-11-6-8-12(9-7-11)10-18(2)15-13(16(19)20)4-3-5-14(15)17/h3-9H,10,17H2,1-2H3,(H,19,20). The van der Waals surface area contributed by atoms with E-state index < -0.39 is 5.97 Å². The van der Waals surface area contributed by atoms with Crippen LogP contribution in [0.1, 0.15) is 21.5 Å². The van der Waals surface area contributed by atoms with Crippen molar-refractivity contribution in [2.24, 2.45) is 0 Å². The van der Waals surface area contributed by atoms with Gasteiger partial charge < -0.3 is 15.7 Å². The molecular formula is C16H18N2O2. The van der Waals surface area contributed by atoms with Crippen molar-refractivity contribution in [1.29, 1.82) is 0 Å². The lowest BCUT2D eigenvalue weighted by molar-refractivity contribution is 0.0697. The number of nitrogen functional groups attached to an aromatic ring is 1. The van der Waals surface area contributed by atoms with Gasteiger partial charge in [-0.1, -0.05) is 35.9 Å². The van der Waals surface area contributed by atoms with Crippen molar-refractivity contribution >= 4 is 17.3 Å². The number of carboxylic acids is 1. The molecule has 104 valence electrons. The summed E-state index contributed by atoms with van der Waals surface area (Å²) in [5, 5.41) is 9.26. The Morgan fingerprint density at radius 2 is 1.85 bits per heavy atom. The molecule has 0 bridgehead atoms. The summed E-state index contributed by atoms with van der Waals surface area (Å²) >= 11 is 0. The van der Waals surface area contributed by atoms with Crippen LogP contribution in [0, 0.1) is 6.92 Å². The molecule has 4 nitrogen and oxygen atoms in total. The van der Waals surface area contributed by atoms with Crippen molar-refractivity contribution in [3.05, 3.63) is 59.2 Å². The van der Waals surface area contributed by atoms with Crippen molar-refractivity contribution < 1.29 is 9.90 Å². The van der Waals surface area contributed by atoms with Gasteiger partial charge in [0.1, 0.15) is 0 Å². The number of nitrogens with zero attached hydrogens (tertiary/aromatic N) is 1. The van der Waals surface area contributed by atoms with Gasteiger partial charge in [-0.25, -0.2) is 4.79 Å². The van der Waals surface area contributed by atoms with Gasteiger partial charge >= 0.3 is 5.97 Å². The summed E-state index contributed by atoms with van der Waals surface area (Å²) in [4.78, 5) is 13.2. The Labute approximate surface area is 118 Å². The van der Waals surface area contributed by atoms with Gasteiger partial charge in [0, 0.05) is 13.6 Å². The molecule has 0 saturated heterocycles. The van der Waals surface area contributed by atoms with Crippen molar-refractivity contribution in [3.63, 3.8) is 0 Å². The van der Waals surface area contributed by atoms with Crippen LogP contribution in [0.15, 0.2) is 42.5 Å². The Hall–Kier alpha value is -2.49. The van der Waals surface area contributed by atoms with Gasteiger partial charge in [0.25, 0.3) is 0 Å². The van der Waals surface area contributed by atoms with Crippen LogP contribution in [-0.4, -0.2) is 18.1 Å². The highest BCUT2D eigenvalue weighted by Crippen LogP contribution is 2.28. The van der Waals surface area contributed by atoms with Crippen LogP contribution in [0.2, 0.25) is 0 Å². The molecule has 3 N–H and O–H groups in total. The van der Waals surface area contributed by atoms with Crippen molar-refractivity contribution in [1.82, 2.24) is 0 Å². The lowest BCUT2D eigenvalue weighted by Gasteiger charge is -2.23. The molecule has 0 atom stereocenters. The summed E-state index contributed by atoms with van der Waals surface area (Å²) in [6.07, 6.45) is 0. The topological polar surface area (TPSA) is 66.6 Å². The summed E-state index contributed by atoms with van der Waals surface area (Å²) in [6.45, 7) is 2.64. The highest BCUT2D eigenvalue weighted by Gasteiger charge is 2.16. The fourth-order valence-corrected chi connectivity index (χ4v) is 2.21. The zero-order valence-corrected chi connectivity index (χ0v) is 11.6. The Bertz CT molecular complexity index is 621. The van der Waals surface area contributed by atoms with E-state index in [1.807, 2.05) is 43.1 Å². The molecule has 0 heterocycles. The molecule has 0 fully saturated rings. The molecule has 20 heavy (non-hydrogen) atoms. The Morgan fingerprint density at radius 3 is 2.45 bits per heavy atom. The smallest absolute Gasteiger partial charge is 0.337 e. The third-order valence-electron chi connectivity index (χ3n) is 3.22. The van der Waals surface area contributed by atoms with Gasteiger partial charge in [-0.05, 0) is 24.6 Å². The molecular weight excluding hydrogens is 252 g/mol. The van der Waals surface area contributed by atoms with Gasteiger partial charge in [0.05, 0.1) is 16.9 Å². The number of aromatic carboxylic acids is 1. The second-order valence-corrected chi connectivity index (χ2v) is 4.89. The van der Waals surface area contributed by atoms with Crippen molar-refractivity contribution in [3.8, 4) is 0 Å². The van der Waals surface area contributed by atoms with Crippen molar-refractivity contribution in [2.45, 2.75) is 13.5 Å². The van der Waals surface area contributed by atoms with E-state index >= 15 is 0 Å². The number of carbonyl (C=O) groups is 1. The molecule has 4 heteroatoms. The van der Waals surface area contributed by atoms with Gasteiger partial charge in [0.15, 0.2) is 0 Å². The predicted molar refractivity (Wildman–Crippen MR) is 81.1 cm³/mol. The Morgan fingerprint density at radius 1 is 1.20 bits per heavy atom. The number of para-hydroxylation sites is 1. The number of carboxylic acid groups (broad SMARTS) is 1. The molecule has 0 aliphatic heterocycles. The van der Waals surface area contributed by atoms with E-state index in [2.05, 4.69) is 0 Å². The predicted octanol–water partition coefficient (Wildman–Crippen LogP) is 2.91. The van der Waals surface area contributed by atoms with Crippen LogP contribution < -0.4 is 10.6 Å². The molecule has 0 amide bonds. The monoisotopic (exact) mass is 270 g/mol. The van der Waals surface area contributed by atoms with E-state index in [4.69, 9.17) is 5.73 Å². The van der Waals surface area contributed by atoms with Crippen LogP contribution in [0.5, 0.6) is 0 Å². The van der Waals surface area contributed by atoms with Crippen molar-refractivity contribution in [2.75, 3.05) is 17.7 Å². The third kappa shape index (κ3) is 2.91. The third-order valence-corrected chi connectivity index (χ3v) is 3.22. The number of anilines is 2. The quantitative estimate of drug-likeness (QED) is 0.838. The van der Waals surface area contributed by atoms with Crippen LogP contribution in [0.25, 0.3) is 0 Å². The highest BCUT2D eigenvalue weighted by atomic mass is 16.4. The molecule has 2 aromatic rings. The minimum absolute atomic E-state index is 0.222. The minimum Gasteiger partial charge on any atom is -0.478 e. The molecule has 2 aromatic carbocycles. The maximum absolute atomic E-state index is 11.3. The Balaban J connectivity index is 2.31. The average molecular weight is 270 g/mol. The zero-order chi connectivity index (χ0) is 14.7. The number of nitrogens with two attached hydrogens (primary N) is 1. The molecule has 0 spiro atoms. The largest absolute Gasteiger partial charge is 0.478 e. The number of hydrogen-bond acceptors (Lipinski definition) is 3. The Kier molecular flexibility index (Phi) is 3.94. The first-order chi connectivity index (χ1) is 9.49. The van der Waals surface area contributed by atoms with Crippen LogP contribution in [0.3, 0.4) is 0 Å². The van der Waals surface area contributed by atoms with E-state index in [-0.39, 0.29) is 5.56 Å². The highest BCUT2D eigenvalue weighted by molar-refractivity contribution is 5.97. The van der Waals surface area contributed by atoms with Crippen LogP contribution in [-0.2, 0) is 6.54 Å². The molecule has 2 rings (SSSR count). The maximum atomic E-state index is 11.3. The van der Waals surface area contributed by atoms with E-state index in [1.54, 1.807) is 18.2 Å². The lowest BCUT2D eigenvalue weighted by atomic mass is 10.1. The molecule has 0 aliphatic carbocycles. The SMILES string of the molecule is Cc1ccc(CN(C)c2c(N)cccc2C(=O)O)cc1. The second-order valence-electron chi connectivity index (χ2n) is 4.89. The fraction of sp³-hybridized carbons (Fsp3) is 0.188. The van der Waals surface area contributed by atoms with E-state index in [1.165, 1.54) is 5.56 Å². The lowest BCUT2D eigenvalue weighted by Crippen LogP contribution is -2.20. The molecule has 0 radical (unpaired) electrons. The molecule has 0 unspecified atom stereocenters. The number of hydrogen-bond donors (Lipinski definition) is 2.